The van der Waals surface area contributed by atoms with Crippen LogP contribution in [0.25, 0.3) is 22.8 Å². The van der Waals surface area contributed by atoms with E-state index < -0.39 is 0 Å². The van der Waals surface area contributed by atoms with Gasteiger partial charge in [0.05, 0.1) is 10.0 Å². The van der Waals surface area contributed by atoms with E-state index in [4.69, 9.17) is 4.52 Å². The van der Waals surface area contributed by atoms with E-state index in [-0.39, 0.29) is 17.5 Å². The SMILES string of the molecule is Oc1ccc(I)cc1-c1nc(-c2ccc(F)c(Br)c2)no1. The lowest BCUT2D eigenvalue weighted by atomic mass is 10.2. The quantitative estimate of drug-likeness (QED) is 0.567. The molecule has 4 nitrogen and oxygen atoms in total. The van der Waals surface area contributed by atoms with Gasteiger partial charge in [0, 0.05) is 9.13 Å². The van der Waals surface area contributed by atoms with Crippen LogP contribution in [0.15, 0.2) is 45.4 Å². The average molecular weight is 461 g/mol. The van der Waals surface area contributed by atoms with Gasteiger partial charge in [-0.15, -0.1) is 0 Å². The lowest BCUT2D eigenvalue weighted by molar-refractivity contribution is 0.425. The van der Waals surface area contributed by atoms with Gasteiger partial charge in [-0.3, -0.25) is 0 Å². The molecule has 1 N–H and O–H groups in total. The largest absolute Gasteiger partial charge is 0.507 e. The maximum absolute atomic E-state index is 13.2. The van der Waals surface area contributed by atoms with Crippen LogP contribution in [0.4, 0.5) is 4.39 Å². The summed E-state index contributed by atoms with van der Waals surface area (Å²) < 4.78 is 19.7. The van der Waals surface area contributed by atoms with Crippen molar-refractivity contribution in [3.05, 3.63) is 50.3 Å². The summed E-state index contributed by atoms with van der Waals surface area (Å²) in [4.78, 5) is 4.24. The zero-order chi connectivity index (χ0) is 15.0. The lowest BCUT2D eigenvalue weighted by Gasteiger charge is -1.99. The first-order valence-electron chi connectivity index (χ1n) is 5.82. The highest BCUT2D eigenvalue weighted by molar-refractivity contribution is 14.1. The Balaban J connectivity index is 2.03. The fourth-order valence-corrected chi connectivity index (χ4v) is 2.63. The zero-order valence-electron chi connectivity index (χ0n) is 10.3. The van der Waals surface area contributed by atoms with Gasteiger partial charge in [-0.2, -0.15) is 4.98 Å². The van der Waals surface area contributed by atoms with Crippen molar-refractivity contribution in [2.24, 2.45) is 0 Å². The molecule has 1 aromatic heterocycles. The molecular weight excluding hydrogens is 454 g/mol. The summed E-state index contributed by atoms with van der Waals surface area (Å²) in [5.41, 5.74) is 1.07. The van der Waals surface area contributed by atoms with E-state index in [1.54, 1.807) is 30.3 Å². The van der Waals surface area contributed by atoms with Gasteiger partial charge in [0.1, 0.15) is 11.6 Å². The molecule has 0 saturated heterocycles. The predicted molar refractivity (Wildman–Crippen MR) is 87.2 cm³/mol. The smallest absolute Gasteiger partial charge is 0.262 e. The summed E-state index contributed by atoms with van der Waals surface area (Å²) in [6, 6.07) is 9.53. The minimum absolute atomic E-state index is 0.0610. The number of nitrogens with zero attached hydrogens (tertiary/aromatic N) is 2. The van der Waals surface area contributed by atoms with Crippen LogP contribution in [0.1, 0.15) is 0 Å². The van der Waals surface area contributed by atoms with Crippen molar-refractivity contribution in [3.8, 4) is 28.6 Å². The van der Waals surface area contributed by atoms with Gasteiger partial charge in [-0.25, -0.2) is 4.39 Å². The second-order valence-electron chi connectivity index (χ2n) is 4.21. The summed E-state index contributed by atoms with van der Waals surface area (Å²) in [5.74, 6) is 0.231. The second kappa shape index (κ2) is 5.72. The number of halogens is 3. The Morgan fingerprint density at radius 1 is 1.19 bits per heavy atom. The van der Waals surface area contributed by atoms with Crippen LogP contribution in [0, 0.1) is 9.39 Å². The fraction of sp³-hybridized carbons (Fsp3) is 0. The number of benzene rings is 2. The zero-order valence-corrected chi connectivity index (χ0v) is 14.1. The number of rotatable bonds is 2. The predicted octanol–water partition coefficient (Wildman–Crippen LogP) is 4.62. The van der Waals surface area contributed by atoms with E-state index >= 15 is 0 Å². The Bertz CT molecular complexity index is 822. The number of aromatic nitrogens is 2. The van der Waals surface area contributed by atoms with Crippen molar-refractivity contribution in [1.29, 1.82) is 0 Å². The number of aromatic hydroxyl groups is 1. The fourth-order valence-electron chi connectivity index (χ4n) is 1.76. The molecule has 0 saturated carbocycles. The van der Waals surface area contributed by atoms with Crippen LogP contribution < -0.4 is 0 Å². The molecule has 7 heteroatoms. The first kappa shape index (κ1) is 14.5. The number of hydrogen-bond donors (Lipinski definition) is 1. The van der Waals surface area contributed by atoms with Gasteiger partial charge in [-0.1, -0.05) is 5.16 Å². The molecule has 0 aliphatic carbocycles. The normalized spacial score (nSPS) is 10.8. The van der Waals surface area contributed by atoms with Crippen LogP contribution in [-0.2, 0) is 0 Å². The maximum atomic E-state index is 13.2. The van der Waals surface area contributed by atoms with Gasteiger partial charge in [0.2, 0.25) is 5.82 Å². The summed E-state index contributed by atoms with van der Waals surface area (Å²) >= 11 is 5.24. The molecule has 0 fully saturated rings. The Kier molecular flexibility index (Phi) is 3.94. The van der Waals surface area contributed by atoms with Crippen LogP contribution in [-0.4, -0.2) is 15.2 Å². The first-order valence-corrected chi connectivity index (χ1v) is 7.70. The molecule has 0 amide bonds. The van der Waals surface area contributed by atoms with Gasteiger partial charge in [-0.05, 0) is 74.9 Å². The van der Waals surface area contributed by atoms with Crippen molar-refractivity contribution in [3.63, 3.8) is 0 Å². The molecule has 0 spiro atoms. The number of phenols is 1. The van der Waals surface area contributed by atoms with E-state index in [0.717, 1.165) is 3.57 Å². The molecule has 0 bridgehead atoms. The van der Waals surface area contributed by atoms with Gasteiger partial charge in [0.25, 0.3) is 5.89 Å². The Hall–Kier alpha value is -1.48. The highest BCUT2D eigenvalue weighted by Crippen LogP contribution is 2.31. The molecule has 106 valence electrons. The van der Waals surface area contributed by atoms with E-state index in [0.29, 0.717) is 21.4 Å². The highest BCUT2D eigenvalue weighted by Gasteiger charge is 2.15. The molecule has 21 heavy (non-hydrogen) atoms. The third-order valence-corrected chi connectivity index (χ3v) is 4.07. The van der Waals surface area contributed by atoms with Crippen molar-refractivity contribution < 1.29 is 14.0 Å². The Morgan fingerprint density at radius 2 is 2.00 bits per heavy atom. The molecule has 3 rings (SSSR count). The Morgan fingerprint density at radius 3 is 2.76 bits per heavy atom. The van der Waals surface area contributed by atoms with E-state index in [1.165, 1.54) is 6.07 Å². The third kappa shape index (κ3) is 2.93. The van der Waals surface area contributed by atoms with E-state index in [2.05, 4.69) is 48.7 Å². The molecule has 1 heterocycles. The lowest BCUT2D eigenvalue weighted by Crippen LogP contribution is -1.84. The number of hydrogen-bond acceptors (Lipinski definition) is 4. The van der Waals surface area contributed by atoms with Crippen molar-refractivity contribution >= 4 is 38.5 Å². The molecule has 0 radical (unpaired) electrons. The molecule has 0 aliphatic heterocycles. The van der Waals surface area contributed by atoms with E-state index in [9.17, 15) is 9.50 Å². The minimum Gasteiger partial charge on any atom is -0.507 e. The molecule has 0 atom stereocenters. The molecule has 2 aromatic carbocycles. The summed E-state index contributed by atoms with van der Waals surface area (Å²) in [7, 11) is 0. The maximum Gasteiger partial charge on any atom is 0.262 e. The topological polar surface area (TPSA) is 59.2 Å². The molecule has 0 aliphatic rings. The summed E-state index contributed by atoms with van der Waals surface area (Å²) in [6.45, 7) is 0. The molecule has 3 aromatic rings. The number of phenolic OH excluding ortho intramolecular Hbond substituents is 1. The van der Waals surface area contributed by atoms with Crippen molar-refractivity contribution in [2.45, 2.75) is 0 Å². The van der Waals surface area contributed by atoms with Crippen LogP contribution in [0.3, 0.4) is 0 Å². The first-order chi connectivity index (χ1) is 10.0. The second-order valence-corrected chi connectivity index (χ2v) is 6.31. The summed E-state index contributed by atoms with van der Waals surface area (Å²) in [6.07, 6.45) is 0. The summed E-state index contributed by atoms with van der Waals surface area (Å²) in [5, 5.41) is 13.7. The minimum atomic E-state index is -0.363. The standard InChI is InChI=1S/C14H7BrFIN2O2/c15-10-5-7(1-3-11(10)16)13-18-14(21-19-13)9-6-8(17)2-4-12(9)20/h1-6,20H. The Labute approximate surface area is 141 Å². The molecular formula is C14H7BrFIN2O2. The highest BCUT2D eigenvalue weighted by atomic mass is 127. The van der Waals surface area contributed by atoms with Crippen molar-refractivity contribution in [2.75, 3.05) is 0 Å². The van der Waals surface area contributed by atoms with Crippen LogP contribution in [0.5, 0.6) is 5.75 Å². The monoisotopic (exact) mass is 460 g/mol. The van der Waals surface area contributed by atoms with Gasteiger partial charge < -0.3 is 9.63 Å². The third-order valence-electron chi connectivity index (χ3n) is 2.79. The van der Waals surface area contributed by atoms with Crippen molar-refractivity contribution in [1.82, 2.24) is 10.1 Å². The average Bonchev–Trinajstić information content (AvgIpc) is 2.94. The van der Waals surface area contributed by atoms with Crippen LogP contribution in [0.2, 0.25) is 0 Å². The van der Waals surface area contributed by atoms with Gasteiger partial charge >= 0.3 is 0 Å². The van der Waals surface area contributed by atoms with Gasteiger partial charge in [0.15, 0.2) is 0 Å². The molecule has 0 unspecified atom stereocenters. The van der Waals surface area contributed by atoms with Crippen LogP contribution >= 0.6 is 38.5 Å². The van der Waals surface area contributed by atoms with E-state index in [1.807, 2.05) is 0 Å².